The standard InChI is InChI=1S/C21H27FN2O5/c1-20(2,3)29-19(27)24-14(12-28-21(24,4)5)10-13(22)11-23-17(25)15-8-6-7-9-16(15)18(23)26/h6-9,13-14H,10-12H2,1-5H3/t13-,14-/m0/s1. The number of carbonyl (C=O) groups is 3. The van der Waals surface area contributed by atoms with Gasteiger partial charge >= 0.3 is 6.09 Å². The van der Waals surface area contributed by atoms with E-state index in [4.69, 9.17) is 9.47 Å². The van der Waals surface area contributed by atoms with E-state index in [2.05, 4.69) is 0 Å². The van der Waals surface area contributed by atoms with Crippen LogP contribution < -0.4 is 0 Å². The van der Waals surface area contributed by atoms with Crippen molar-refractivity contribution in [2.24, 2.45) is 0 Å². The van der Waals surface area contributed by atoms with Crippen LogP contribution in [0.15, 0.2) is 24.3 Å². The molecule has 0 radical (unpaired) electrons. The van der Waals surface area contributed by atoms with Crippen molar-refractivity contribution in [3.63, 3.8) is 0 Å². The molecule has 2 aliphatic rings. The summed E-state index contributed by atoms with van der Waals surface area (Å²) in [5.74, 6) is -1.000. The third-order valence-electron chi connectivity index (χ3n) is 4.95. The Hall–Kier alpha value is -2.48. The van der Waals surface area contributed by atoms with Crippen LogP contribution in [0.25, 0.3) is 0 Å². The highest BCUT2D eigenvalue weighted by atomic mass is 19.1. The second kappa shape index (κ2) is 7.40. The van der Waals surface area contributed by atoms with Crippen molar-refractivity contribution in [3.05, 3.63) is 35.4 Å². The van der Waals surface area contributed by atoms with E-state index >= 15 is 0 Å². The molecule has 3 amide bonds. The minimum absolute atomic E-state index is 0.0733. The van der Waals surface area contributed by atoms with Crippen LogP contribution in [0.3, 0.4) is 0 Å². The molecular weight excluding hydrogens is 379 g/mol. The summed E-state index contributed by atoms with van der Waals surface area (Å²) in [5, 5.41) is 0. The zero-order valence-electron chi connectivity index (χ0n) is 17.4. The molecule has 1 saturated heterocycles. The van der Waals surface area contributed by atoms with Crippen molar-refractivity contribution < 1.29 is 28.2 Å². The third kappa shape index (κ3) is 4.27. The van der Waals surface area contributed by atoms with Gasteiger partial charge in [0.15, 0.2) is 0 Å². The number of carbonyl (C=O) groups excluding carboxylic acids is 3. The number of imide groups is 1. The number of amides is 3. The molecule has 2 atom stereocenters. The van der Waals surface area contributed by atoms with Crippen molar-refractivity contribution in [1.29, 1.82) is 0 Å². The predicted molar refractivity (Wildman–Crippen MR) is 103 cm³/mol. The van der Waals surface area contributed by atoms with Gasteiger partial charge in [0.05, 0.1) is 30.3 Å². The van der Waals surface area contributed by atoms with Gasteiger partial charge in [-0.05, 0) is 46.8 Å². The Balaban J connectivity index is 1.68. The Kier molecular flexibility index (Phi) is 5.42. The number of fused-ring (bicyclic) bond motifs is 1. The van der Waals surface area contributed by atoms with Crippen molar-refractivity contribution in [2.75, 3.05) is 13.2 Å². The largest absolute Gasteiger partial charge is 0.444 e. The summed E-state index contributed by atoms with van der Waals surface area (Å²) in [6.45, 7) is 8.47. The zero-order valence-corrected chi connectivity index (χ0v) is 17.4. The van der Waals surface area contributed by atoms with Gasteiger partial charge in [-0.3, -0.25) is 19.4 Å². The molecule has 8 heteroatoms. The Labute approximate surface area is 169 Å². The normalized spacial score (nSPS) is 22.1. The number of benzene rings is 1. The van der Waals surface area contributed by atoms with Gasteiger partial charge < -0.3 is 9.47 Å². The second-order valence-electron chi connectivity index (χ2n) is 8.86. The molecule has 0 N–H and O–H groups in total. The lowest BCUT2D eigenvalue weighted by molar-refractivity contribution is -0.0633. The summed E-state index contributed by atoms with van der Waals surface area (Å²) < 4.78 is 26.0. The fourth-order valence-electron chi connectivity index (χ4n) is 3.71. The third-order valence-corrected chi connectivity index (χ3v) is 4.95. The van der Waals surface area contributed by atoms with Gasteiger partial charge in [-0.1, -0.05) is 12.1 Å². The summed E-state index contributed by atoms with van der Waals surface area (Å²) in [7, 11) is 0. The van der Waals surface area contributed by atoms with Crippen molar-refractivity contribution in [2.45, 2.75) is 64.6 Å². The summed E-state index contributed by atoms with van der Waals surface area (Å²) in [4.78, 5) is 39.9. The average Bonchev–Trinajstić information content (AvgIpc) is 3.02. The molecule has 0 saturated carbocycles. The molecule has 29 heavy (non-hydrogen) atoms. The lowest BCUT2D eigenvalue weighted by Crippen LogP contribution is -2.50. The molecule has 0 unspecified atom stereocenters. The maximum atomic E-state index is 14.9. The van der Waals surface area contributed by atoms with E-state index in [9.17, 15) is 18.8 Å². The maximum Gasteiger partial charge on any atom is 0.412 e. The van der Waals surface area contributed by atoms with E-state index < -0.39 is 41.4 Å². The first-order valence-electron chi connectivity index (χ1n) is 9.66. The average molecular weight is 406 g/mol. The number of nitrogens with zero attached hydrogens (tertiary/aromatic N) is 2. The maximum absolute atomic E-state index is 14.9. The van der Waals surface area contributed by atoms with Crippen LogP contribution in [0.4, 0.5) is 9.18 Å². The number of alkyl halides is 1. The zero-order chi connectivity index (χ0) is 21.6. The molecule has 0 aromatic heterocycles. The van der Waals surface area contributed by atoms with Gasteiger partial charge in [-0.25, -0.2) is 9.18 Å². The fraction of sp³-hybridized carbons (Fsp3) is 0.571. The van der Waals surface area contributed by atoms with Gasteiger partial charge in [0.2, 0.25) is 0 Å². The number of hydrogen-bond acceptors (Lipinski definition) is 5. The van der Waals surface area contributed by atoms with Crippen molar-refractivity contribution in [3.8, 4) is 0 Å². The quantitative estimate of drug-likeness (QED) is 0.717. The van der Waals surface area contributed by atoms with E-state index in [-0.39, 0.29) is 30.7 Å². The molecule has 1 aromatic carbocycles. The molecule has 7 nitrogen and oxygen atoms in total. The monoisotopic (exact) mass is 406 g/mol. The Morgan fingerprint density at radius 2 is 1.79 bits per heavy atom. The highest BCUT2D eigenvalue weighted by molar-refractivity contribution is 6.21. The minimum atomic E-state index is -1.51. The van der Waals surface area contributed by atoms with Gasteiger partial charge in [-0.15, -0.1) is 0 Å². The summed E-state index contributed by atoms with van der Waals surface area (Å²) >= 11 is 0. The molecule has 3 rings (SSSR count). The van der Waals surface area contributed by atoms with E-state index in [1.807, 2.05) is 0 Å². The Bertz CT molecular complexity index is 798. The number of rotatable bonds is 4. The molecule has 0 bridgehead atoms. The summed E-state index contributed by atoms with van der Waals surface area (Å²) in [5.41, 5.74) is -1.08. The number of hydrogen-bond donors (Lipinski definition) is 0. The Morgan fingerprint density at radius 1 is 1.24 bits per heavy atom. The molecular formula is C21H27FN2O5. The van der Waals surface area contributed by atoms with Crippen LogP contribution in [0, 0.1) is 0 Å². The molecule has 158 valence electrons. The Morgan fingerprint density at radius 3 is 2.31 bits per heavy atom. The second-order valence-corrected chi connectivity index (χ2v) is 8.86. The lowest BCUT2D eigenvalue weighted by atomic mass is 10.1. The topological polar surface area (TPSA) is 76.2 Å². The van der Waals surface area contributed by atoms with Gasteiger partial charge in [0.1, 0.15) is 17.5 Å². The van der Waals surface area contributed by atoms with Crippen LogP contribution in [-0.2, 0) is 9.47 Å². The van der Waals surface area contributed by atoms with E-state index in [0.717, 1.165) is 4.90 Å². The van der Waals surface area contributed by atoms with Crippen LogP contribution in [0.5, 0.6) is 0 Å². The summed E-state index contributed by atoms with van der Waals surface area (Å²) in [6.07, 6.45) is -2.17. The van der Waals surface area contributed by atoms with Crippen molar-refractivity contribution in [1.82, 2.24) is 9.80 Å². The first-order chi connectivity index (χ1) is 13.4. The van der Waals surface area contributed by atoms with Gasteiger partial charge in [0, 0.05) is 6.42 Å². The first-order valence-corrected chi connectivity index (χ1v) is 9.66. The van der Waals surface area contributed by atoms with Gasteiger partial charge in [0.25, 0.3) is 11.8 Å². The first kappa shape index (κ1) is 21.2. The molecule has 0 aliphatic carbocycles. The molecule has 2 aliphatic heterocycles. The minimum Gasteiger partial charge on any atom is -0.444 e. The van der Waals surface area contributed by atoms with Crippen molar-refractivity contribution >= 4 is 17.9 Å². The highest BCUT2D eigenvalue weighted by Crippen LogP contribution is 2.32. The van der Waals surface area contributed by atoms with E-state index in [1.165, 1.54) is 4.90 Å². The molecule has 1 fully saturated rings. The number of ether oxygens (including phenoxy) is 2. The predicted octanol–water partition coefficient (Wildman–Crippen LogP) is 3.38. The number of halogens is 1. The van der Waals surface area contributed by atoms with Crippen LogP contribution in [-0.4, -0.2) is 64.4 Å². The molecule has 1 aromatic rings. The molecule has 2 heterocycles. The van der Waals surface area contributed by atoms with Crippen LogP contribution in [0.1, 0.15) is 61.8 Å². The van der Waals surface area contributed by atoms with Gasteiger partial charge in [-0.2, -0.15) is 0 Å². The SMILES string of the molecule is CC(C)(C)OC(=O)N1[C@@H](C[C@H](F)CN2C(=O)c3ccccc3C2=O)COC1(C)C. The van der Waals surface area contributed by atoms with E-state index in [1.54, 1.807) is 58.9 Å². The van der Waals surface area contributed by atoms with Crippen LogP contribution in [0.2, 0.25) is 0 Å². The smallest absolute Gasteiger partial charge is 0.412 e. The van der Waals surface area contributed by atoms with Crippen LogP contribution >= 0.6 is 0 Å². The fourth-order valence-corrected chi connectivity index (χ4v) is 3.71. The summed E-state index contributed by atoms with van der Waals surface area (Å²) in [6, 6.07) is 5.87. The highest BCUT2D eigenvalue weighted by Gasteiger charge is 2.47. The van der Waals surface area contributed by atoms with E-state index in [0.29, 0.717) is 0 Å². The lowest BCUT2D eigenvalue weighted by Gasteiger charge is -2.35. The molecule has 0 spiro atoms.